The second kappa shape index (κ2) is 9.23. The molecule has 0 saturated heterocycles. The number of hydrogen-bond donors (Lipinski definition) is 2. The van der Waals surface area contributed by atoms with Gasteiger partial charge in [-0.3, -0.25) is 4.79 Å². The van der Waals surface area contributed by atoms with E-state index < -0.39 is 0 Å². The molecule has 1 heterocycles. The van der Waals surface area contributed by atoms with Crippen LogP contribution in [0.2, 0.25) is 0 Å². The van der Waals surface area contributed by atoms with Crippen molar-refractivity contribution in [2.45, 2.75) is 6.42 Å². The Morgan fingerprint density at radius 3 is 2.28 bits per heavy atom. The summed E-state index contributed by atoms with van der Waals surface area (Å²) in [5.74, 6) is 0.0649. The zero-order valence-electron chi connectivity index (χ0n) is 16.1. The smallest absolute Gasteiger partial charge is 0.214 e. The summed E-state index contributed by atoms with van der Waals surface area (Å²) in [4.78, 5) is 12.8. The topological polar surface area (TPSA) is 73.0 Å². The summed E-state index contributed by atoms with van der Waals surface area (Å²) in [7, 11) is 2.04. The molecule has 4 aromatic rings. The molecular weight excluding hydrogens is 405 g/mol. The average molecular weight is 428 g/mol. The summed E-state index contributed by atoms with van der Waals surface area (Å²) in [6.07, 6.45) is 0.330. The van der Waals surface area contributed by atoms with E-state index >= 15 is 0 Å². The summed E-state index contributed by atoms with van der Waals surface area (Å²) in [6, 6.07) is 22.0. The van der Waals surface area contributed by atoms with Gasteiger partial charge in [-0.05, 0) is 30.3 Å². The van der Waals surface area contributed by atoms with Crippen LogP contribution in [0.5, 0.6) is 0 Å². The quantitative estimate of drug-likeness (QED) is 0.221. The van der Waals surface area contributed by atoms with Crippen LogP contribution >= 0.6 is 12.4 Å². The van der Waals surface area contributed by atoms with Gasteiger partial charge < -0.3 is 23.9 Å². The number of hydrogen-bond acceptors (Lipinski definition) is 3. The Morgan fingerprint density at radius 2 is 1.59 bits per heavy atom. The highest BCUT2D eigenvalue weighted by atomic mass is 35.5. The van der Waals surface area contributed by atoms with E-state index in [1.165, 1.54) is 0 Å². The molecule has 0 aliphatic carbocycles. The van der Waals surface area contributed by atoms with Gasteiger partial charge in [-0.15, -0.1) is 12.4 Å². The molecule has 1 aromatic heterocycles. The molecule has 150 valence electrons. The third-order valence-electron chi connectivity index (χ3n) is 5.06. The minimum absolute atomic E-state index is 0. The fourth-order valence-corrected chi connectivity index (χ4v) is 3.77. The van der Waals surface area contributed by atoms with E-state index in [1.807, 2.05) is 55.6 Å². The fourth-order valence-electron chi connectivity index (χ4n) is 3.77. The number of para-hydroxylation sites is 1. The molecule has 29 heavy (non-hydrogen) atoms. The van der Waals surface area contributed by atoms with Crippen molar-refractivity contribution >= 4 is 45.7 Å². The van der Waals surface area contributed by atoms with Gasteiger partial charge in [0.1, 0.15) is 7.05 Å². The molecule has 6 heteroatoms. The van der Waals surface area contributed by atoms with Crippen LogP contribution in [-0.4, -0.2) is 12.3 Å². The number of nitrogen functional groups attached to an aromatic ring is 1. The minimum Gasteiger partial charge on any atom is -1.00 e. The number of nitrogens with zero attached hydrogens (tertiary/aromatic N) is 1. The van der Waals surface area contributed by atoms with Crippen molar-refractivity contribution in [2.75, 3.05) is 12.3 Å². The van der Waals surface area contributed by atoms with E-state index in [-0.39, 0.29) is 30.6 Å². The molecule has 0 amide bonds. The number of ketones is 1. The number of halogens is 2. The van der Waals surface area contributed by atoms with Gasteiger partial charge in [0.25, 0.3) is 0 Å². The van der Waals surface area contributed by atoms with E-state index in [0.717, 1.165) is 32.9 Å². The Kier molecular flexibility index (Phi) is 7.20. The minimum atomic E-state index is 0. The standard InChI is InChI=1S/C23H21N3O.2ClH/c1-26-19-7-3-2-5-17(19)22(15-9-11-16(25)12-10-15)23-18(21(27)13-14-24)6-4-8-20(23)26;;/h2-12,25H,13-14,24H2,1H3;2*1H. The fraction of sp³-hybridized carbons (Fsp3) is 0.130. The first-order valence-electron chi connectivity index (χ1n) is 9.04. The molecule has 4 nitrogen and oxygen atoms in total. The highest BCUT2D eigenvalue weighted by molar-refractivity contribution is 6.16. The van der Waals surface area contributed by atoms with Gasteiger partial charge in [0.15, 0.2) is 5.78 Å². The van der Waals surface area contributed by atoms with Gasteiger partial charge >= 0.3 is 0 Å². The van der Waals surface area contributed by atoms with Crippen molar-refractivity contribution in [1.82, 2.24) is 0 Å². The van der Waals surface area contributed by atoms with Crippen molar-refractivity contribution in [3.63, 3.8) is 0 Å². The van der Waals surface area contributed by atoms with Gasteiger partial charge in [-0.25, -0.2) is 0 Å². The highest BCUT2D eigenvalue weighted by Crippen LogP contribution is 2.36. The summed E-state index contributed by atoms with van der Waals surface area (Å²) in [6.45, 7) is 0.339. The molecular formula is C23H23Cl2N3O. The number of aromatic nitrogens is 1. The van der Waals surface area contributed by atoms with Crippen LogP contribution in [0.25, 0.3) is 32.9 Å². The zero-order chi connectivity index (χ0) is 19.0. The number of nitrogens with two attached hydrogens (primary N) is 2. The maximum absolute atomic E-state index is 12.8. The molecule has 3 aromatic carbocycles. The van der Waals surface area contributed by atoms with Gasteiger partial charge in [0.05, 0.1) is 10.8 Å². The molecule has 4 N–H and O–H groups in total. The lowest BCUT2D eigenvalue weighted by Crippen LogP contribution is -3.00. The van der Waals surface area contributed by atoms with Crippen LogP contribution in [0.1, 0.15) is 16.8 Å². The molecule has 4 rings (SSSR count). The molecule has 0 unspecified atom stereocenters. The summed E-state index contributed by atoms with van der Waals surface area (Å²) < 4.78 is 2.14. The largest absolute Gasteiger partial charge is 1.00 e. The summed E-state index contributed by atoms with van der Waals surface area (Å²) in [5, 5.41) is 2.06. The van der Waals surface area contributed by atoms with E-state index in [0.29, 0.717) is 24.2 Å². The van der Waals surface area contributed by atoms with Crippen molar-refractivity contribution in [1.29, 1.82) is 0 Å². The van der Waals surface area contributed by atoms with E-state index in [2.05, 4.69) is 22.8 Å². The first-order valence-corrected chi connectivity index (χ1v) is 9.04. The molecule has 0 radical (unpaired) electrons. The number of anilines is 1. The van der Waals surface area contributed by atoms with Crippen LogP contribution in [0.4, 0.5) is 5.69 Å². The molecule has 0 spiro atoms. The lowest BCUT2D eigenvalue weighted by molar-refractivity contribution is -0.617. The number of carbonyl (C=O) groups excluding carboxylic acids is 1. The van der Waals surface area contributed by atoms with Gasteiger partial charge in [0.2, 0.25) is 11.0 Å². The predicted molar refractivity (Wildman–Crippen MR) is 118 cm³/mol. The van der Waals surface area contributed by atoms with Crippen molar-refractivity contribution in [2.24, 2.45) is 12.8 Å². The third kappa shape index (κ3) is 3.92. The van der Waals surface area contributed by atoms with E-state index in [9.17, 15) is 4.79 Å². The number of rotatable bonds is 4. The SMILES string of the molecule is C[n+]1c2ccccc2c(-c2ccc(N)cc2)c2c(C(=O)CCN)cccc21.Cl.[Cl-]. The molecule has 0 fully saturated rings. The first-order chi connectivity index (χ1) is 13.1. The van der Waals surface area contributed by atoms with Crippen LogP contribution in [0.3, 0.4) is 0 Å². The number of fused-ring (bicyclic) bond motifs is 2. The molecule has 0 aliphatic rings. The molecule has 0 bridgehead atoms. The number of Topliss-reactive ketones (excluding diaryl/α,β-unsaturated/α-hetero) is 1. The van der Waals surface area contributed by atoms with Crippen molar-refractivity contribution in [3.8, 4) is 11.1 Å². The van der Waals surface area contributed by atoms with Gasteiger partial charge in [-0.1, -0.05) is 36.4 Å². The lowest BCUT2D eigenvalue weighted by Gasteiger charge is -2.13. The Balaban J connectivity index is 0.00000150. The second-order valence-electron chi connectivity index (χ2n) is 6.73. The van der Waals surface area contributed by atoms with E-state index in [1.54, 1.807) is 0 Å². The Labute approximate surface area is 182 Å². The van der Waals surface area contributed by atoms with Crippen LogP contribution in [0, 0.1) is 0 Å². The van der Waals surface area contributed by atoms with Crippen LogP contribution < -0.4 is 28.4 Å². The third-order valence-corrected chi connectivity index (χ3v) is 5.06. The zero-order valence-corrected chi connectivity index (χ0v) is 17.6. The molecule has 0 aliphatic heterocycles. The van der Waals surface area contributed by atoms with Crippen LogP contribution in [-0.2, 0) is 7.05 Å². The first kappa shape index (κ1) is 22.6. The predicted octanol–water partition coefficient (Wildman–Crippen LogP) is 1.02. The van der Waals surface area contributed by atoms with Crippen molar-refractivity contribution in [3.05, 3.63) is 72.3 Å². The Hall–Kier alpha value is -2.66. The number of carbonyl (C=O) groups is 1. The normalized spacial score (nSPS) is 10.4. The van der Waals surface area contributed by atoms with Gasteiger partial charge in [-0.2, -0.15) is 4.57 Å². The number of pyridine rings is 1. The maximum atomic E-state index is 12.8. The average Bonchev–Trinajstić information content (AvgIpc) is 2.69. The monoisotopic (exact) mass is 427 g/mol. The van der Waals surface area contributed by atoms with Crippen molar-refractivity contribution < 1.29 is 21.8 Å². The van der Waals surface area contributed by atoms with Crippen LogP contribution in [0.15, 0.2) is 66.7 Å². The number of aryl methyl sites for hydroxylation is 1. The summed E-state index contributed by atoms with van der Waals surface area (Å²) >= 11 is 0. The molecule has 0 saturated carbocycles. The maximum Gasteiger partial charge on any atom is 0.214 e. The second-order valence-corrected chi connectivity index (χ2v) is 6.73. The Morgan fingerprint density at radius 1 is 0.931 bits per heavy atom. The Bertz CT molecular complexity index is 1170. The lowest BCUT2D eigenvalue weighted by atomic mass is 9.91. The highest BCUT2D eigenvalue weighted by Gasteiger charge is 2.23. The summed E-state index contributed by atoms with van der Waals surface area (Å²) in [5.41, 5.74) is 17.2. The molecule has 0 atom stereocenters. The van der Waals surface area contributed by atoms with E-state index in [4.69, 9.17) is 11.5 Å². The number of benzene rings is 3. The van der Waals surface area contributed by atoms with Gasteiger partial charge in [0, 0.05) is 35.4 Å².